The normalized spacial score (nSPS) is 19.1. The van der Waals surface area contributed by atoms with Crippen LogP contribution in [0.2, 0.25) is 0 Å². The van der Waals surface area contributed by atoms with Crippen molar-refractivity contribution in [2.75, 3.05) is 13.1 Å². The molecule has 0 radical (unpaired) electrons. The van der Waals surface area contributed by atoms with Gasteiger partial charge in [-0.3, -0.25) is 9.59 Å². The van der Waals surface area contributed by atoms with E-state index in [9.17, 15) is 14.7 Å². The summed E-state index contributed by atoms with van der Waals surface area (Å²) >= 11 is 0. The van der Waals surface area contributed by atoms with Gasteiger partial charge < -0.3 is 15.0 Å². The standard InChI is InChI=1S/C12H16N2O3/c1-12(17)3-6-14(7-4-12)11(16)9-8-13-5-2-10(9)15/h2,5,8,17H,3-4,6-7H2,1H3,(H,13,15). The van der Waals surface area contributed by atoms with Crippen LogP contribution in [0.3, 0.4) is 0 Å². The van der Waals surface area contributed by atoms with Gasteiger partial charge in [-0.25, -0.2) is 0 Å². The molecule has 2 rings (SSSR count). The third kappa shape index (κ3) is 2.55. The van der Waals surface area contributed by atoms with Crippen LogP contribution in [-0.2, 0) is 0 Å². The summed E-state index contributed by atoms with van der Waals surface area (Å²) in [5.41, 5.74) is -0.806. The molecule has 0 atom stereocenters. The maximum Gasteiger partial charge on any atom is 0.259 e. The number of aromatic nitrogens is 1. The van der Waals surface area contributed by atoms with Gasteiger partial charge in [-0.2, -0.15) is 0 Å². The molecule has 1 amide bonds. The molecule has 92 valence electrons. The van der Waals surface area contributed by atoms with Crippen LogP contribution in [0.4, 0.5) is 0 Å². The number of nitrogens with one attached hydrogen (secondary N) is 1. The van der Waals surface area contributed by atoms with E-state index in [1.807, 2.05) is 0 Å². The van der Waals surface area contributed by atoms with Gasteiger partial charge in [0, 0.05) is 31.5 Å². The molecule has 1 aromatic heterocycles. The van der Waals surface area contributed by atoms with Crippen molar-refractivity contribution in [2.45, 2.75) is 25.4 Å². The van der Waals surface area contributed by atoms with E-state index in [-0.39, 0.29) is 16.9 Å². The summed E-state index contributed by atoms with van der Waals surface area (Å²) in [4.78, 5) is 27.9. The Morgan fingerprint density at radius 1 is 1.47 bits per heavy atom. The first-order chi connectivity index (χ1) is 7.99. The summed E-state index contributed by atoms with van der Waals surface area (Å²) in [6.07, 6.45) is 4.02. The first-order valence-corrected chi connectivity index (χ1v) is 5.68. The largest absolute Gasteiger partial charge is 0.390 e. The number of rotatable bonds is 1. The fourth-order valence-electron chi connectivity index (χ4n) is 1.95. The Morgan fingerprint density at radius 3 is 2.71 bits per heavy atom. The van der Waals surface area contributed by atoms with Crippen LogP contribution >= 0.6 is 0 Å². The molecular weight excluding hydrogens is 220 g/mol. The number of H-pyrrole nitrogens is 1. The fraction of sp³-hybridized carbons (Fsp3) is 0.500. The molecule has 1 aromatic rings. The number of hydrogen-bond acceptors (Lipinski definition) is 3. The predicted octanol–water partition coefficient (Wildman–Crippen LogP) is 0.362. The molecule has 2 heterocycles. The lowest BCUT2D eigenvalue weighted by molar-refractivity contribution is -0.00206. The van der Waals surface area contributed by atoms with E-state index in [1.165, 1.54) is 18.5 Å². The van der Waals surface area contributed by atoms with Gasteiger partial charge in [0.15, 0.2) is 5.43 Å². The van der Waals surface area contributed by atoms with Gasteiger partial charge in [-0.05, 0) is 19.8 Å². The van der Waals surface area contributed by atoms with Gasteiger partial charge >= 0.3 is 0 Å². The molecule has 5 heteroatoms. The van der Waals surface area contributed by atoms with Crippen LogP contribution < -0.4 is 5.43 Å². The molecule has 1 fully saturated rings. The Hall–Kier alpha value is -1.62. The van der Waals surface area contributed by atoms with Crippen LogP contribution in [0.1, 0.15) is 30.1 Å². The van der Waals surface area contributed by atoms with Crippen molar-refractivity contribution >= 4 is 5.91 Å². The number of amides is 1. The average molecular weight is 236 g/mol. The summed E-state index contributed by atoms with van der Waals surface area (Å²) in [6.45, 7) is 2.74. The van der Waals surface area contributed by atoms with Crippen molar-refractivity contribution in [3.8, 4) is 0 Å². The zero-order valence-electron chi connectivity index (χ0n) is 9.77. The van der Waals surface area contributed by atoms with Gasteiger partial charge in [-0.15, -0.1) is 0 Å². The zero-order chi connectivity index (χ0) is 12.5. The highest BCUT2D eigenvalue weighted by atomic mass is 16.3. The lowest BCUT2D eigenvalue weighted by Crippen LogP contribution is -2.46. The second-order valence-corrected chi connectivity index (χ2v) is 4.71. The number of carbonyl (C=O) groups is 1. The van der Waals surface area contributed by atoms with E-state index in [0.717, 1.165) is 0 Å². The summed E-state index contributed by atoms with van der Waals surface area (Å²) < 4.78 is 0. The smallest absolute Gasteiger partial charge is 0.259 e. The first kappa shape index (κ1) is 11.9. The van der Waals surface area contributed by atoms with Crippen LogP contribution in [-0.4, -0.2) is 39.6 Å². The Labute approximate surface area is 99.1 Å². The molecular formula is C12H16N2O3. The number of piperidine rings is 1. The average Bonchev–Trinajstić information content (AvgIpc) is 2.29. The molecule has 0 unspecified atom stereocenters. The number of aliphatic hydroxyl groups is 1. The second kappa shape index (κ2) is 4.33. The quantitative estimate of drug-likeness (QED) is 0.739. The second-order valence-electron chi connectivity index (χ2n) is 4.71. The summed E-state index contributed by atoms with van der Waals surface area (Å²) in [6, 6.07) is 1.34. The fourth-order valence-corrected chi connectivity index (χ4v) is 1.95. The number of pyridine rings is 1. The van der Waals surface area contributed by atoms with E-state index in [0.29, 0.717) is 25.9 Å². The van der Waals surface area contributed by atoms with Crippen LogP contribution in [0.25, 0.3) is 0 Å². The molecule has 5 nitrogen and oxygen atoms in total. The highest BCUT2D eigenvalue weighted by Gasteiger charge is 2.30. The summed E-state index contributed by atoms with van der Waals surface area (Å²) in [5.74, 6) is -0.262. The Bertz CT molecular complexity index is 469. The first-order valence-electron chi connectivity index (χ1n) is 5.68. The van der Waals surface area contributed by atoms with Gasteiger partial charge in [0.25, 0.3) is 5.91 Å². The number of hydrogen-bond donors (Lipinski definition) is 2. The van der Waals surface area contributed by atoms with E-state index in [4.69, 9.17) is 0 Å². The molecule has 17 heavy (non-hydrogen) atoms. The van der Waals surface area contributed by atoms with Crippen molar-refractivity contribution in [3.05, 3.63) is 34.2 Å². The highest BCUT2D eigenvalue weighted by Crippen LogP contribution is 2.21. The molecule has 0 aromatic carbocycles. The monoisotopic (exact) mass is 236 g/mol. The third-order valence-corrected chi connectivity index (χ3v) is 3.18. The Morgan fingerprint density at radius 2 is 2.12 bits per heavy atom. The van der Waals surface area contributed by atoms with Crippen LogP contribution in [0, 0.1) is 0 Å². The summed E-state index contributed by atoms with van der Waals surface area (Å²) in [5, 5.41) is 9.79. The van der Waals surface area contributed by atoms with Crippen LogP contribution in [0.15, 0.2) is 23.3 Å². The number of nitrogens with zero attached hydrogens (tertiary/aromatic N) is 1. The maximum absolute atomic E-state index is 12.1. The van der Waals surface area contributed by atoms with Gasteiger partial charge in [0.05, 0.1) is 5.60 Å². The maximum atomic E-state index is 12.1. The Kier molecular flexibility index (Phi) is 3.02. The molecule has 0 bridgehead atoms. The van der Waals surface area contributed by atoms with Crippen molar-refractivity contribution in [2.24, 2.45) is 0 Å². The Balaban J connectivity index is 2.13. The predicted molar refractivity (Wildman–Crippen MR) is 62.8 cm³/mol. The van der Waals surface area contributed by atoms with Crippen molar-refractivity contribution in [1.29, 1.82) is 0 Å². The van der Waals surface area contributed by atoms with E-state index in [2.05, 4.69) is 4.98 Å². The minimum Gasteiger partial charge on any atom is -0.390 e. The molecule has 0 saturated carbocycles. The van der Waals surface area contributed by atoms with E-state index >= 15 is 0 Å². The SMILES string of the molecule is CC1(O)CCN(C(=O)c2c[nH]ccc2=O)CC1. The van der Waals surface area contributed by atoms with Crippen molar-refractivity contribution < 1.29 is 9.90 Å². The minimum absolute atomic E-state index is 0.161. The van der Waals surface area contributed by atoms with Crippen LogP contribution in [0.5, 0.6) is 0 Å². The number of likely N-dealkylation sites (tertiary alicyclic amines) is 1. The highest BCUT2D eigenvalue weighted by molar-refractivity contribution is 5.93. The third-order valence-electron chi connectivity index (χ3n) is 3.18. The molecule has 1 aliphatic rings. The zero-order valence-corrected chi connectivity index (χ0v) is 9.77. The molecule has 1 aliphatic heterocycles. The topological polar surface area (TPSA) is 73.4 Å². The van der Waals surface area contributed by atoms with Crippen molar-refractivity contribution in [3.63, 3.8) is 0 Å². The van der Waals surface area contributed by atoms with E-state index in [1.54, 1.807) is 11.8 Å². The molecule has 1 saturated heterocycles. The lowest BCUT2D eigenvalue weighted by Gasteiger charge is -2.35. The number of aromatic amines is 1. The van der Waals surface area contributed by atoms with Gasteiger partial charge in [0.1, 0.15) is 5.56 Å². The van der Waals surface area contributed by atoms with Gasteiger partial charge in [-0.1, -0.05) is 0 Å². The molecule has 0 spiro atoms. The molecule has 0 aliphatic carbocycles. The summed E-state index contributed by atoms with van der Waals surface area (Å²) in [7, 11) is 0. The van der Waals surface area contributed by atoms with Crippen molar-refractivity contribution in [1.82, 2.24) is 9.88 Å². The lowest BCUT2D eigenvalue weighted by atomic mass is 9.93. The van der Waals surface area contributed by atoms with E-state index < -0.39 is 5.60 Å². The van der Waals surface area contributed by atoms with Gasteiger partial charge in [0.2, 0.25) is 0 Å². The minimum atomic E-state index is -0.695. The number of carbonyl (C=O) groups excluding carboxylic acids is 1. The molecule has 2 N–H and O–H groups in total.